The van der Waals surface area contributed by atoms with Gasteiger partial charge in [0.25, 0.3) is 0 Å². The van der Waals surface area contributed by atoms with Crippen molar-refractivity contribution in [2.24, 2.45) is 5.73 Å². The average molecular weight is 193 g/mol. The first-order valence-electron chi connectivity index (χ1n) is 4.44. The van der Waals surface area contributed by atoms with Crippen molar-refractivity contribution in [2.75, 3.05) is 0 Å². The first-order valence-corrected chi connectivity index (χ1v) is 4.44. The van der Waals surface area contributed by atoms with E-state index < -0.39 is 5.97 Å². The fourth-order valence-corrected chi connectivity index (χ4v) is 1.97. The molecule has 1 aliphatic rings. The molecular formula is C10H11NO3. The monoisotopic (exact) mass is 193 g/mol. The molecule has 1 aromatic carbocycles. The second kappa shape index (κ2) is 2.99. The van der Waals surface area contributed by atoms with Gasteiger partial charge in [0, 0.05) is 6.04 Å². The largest absolute Gasteiger partial charge is 0.508 e. The number of hydrogen-bond acceptors (Lipinski definition) is 3. The van der Waals surface area contributed by atoms with Gasteiger partial charge < -0.3 is 15.9 Å². The molecule has 0 amide bonds. The lowest BCUT2D eigenvalue weighted by atomic mass is 10.0. The second-order valence-corrected chi connectivity index (χ2v) is 3.52. The molecule has 1 aliphatic carbocycles. The Balaban J connectivity index is 2.65. The zero-order chi connectivity index (χ0) is 10.3. The Kier molecular flexibility index (Phi) is 1.93. The van der Waals surface area contributed by atoms with Gasteiger partial charge in [-0.15, -0.1) is 0 Å². The molecule has 74 valence electrons. The van der Waals surface area contributed by atoms with Gasteiger partial charge in [0.15, 0.2) is 0 Å². The molecule has 14 heavy (non-hydrogen) atoms. The van der Waals surface area contributed by atoms with Gasteiger partial charge in [-0.05, 0) is 36.1 Å². The number of hydrogen-bond donors (Lipinski definition) is 3. The number of carboxylic acid groups (broad SMARTS) is 1. The highest BCUT2D eigenvalue weighted by atomic mass is 16.4. The smallest absolute Gasteiger partial charge is 0.336 e. The number of nitrogens with two attached hydrogens (primary N) is 1. The topological polar surface area (TPSA) is 83.5 Å². The summed E-state index contributed by atoms with van der Waals surface area (Å²) in [4.78, 5) is 10.9. The van der Waals surface area contributed by atoms with E-state index in [1.165, 1.54) is 6.07 Å². The number of aromatic hydroxyl groups is 1. The van der Waals surface area contributed by atoms with E-state index in [1.54, 1.807) is 6.07 Å². The maximum Gasteiger partial charge on any atom is 0.336 e. The Hall–Kier alpha value is -1.55. The van der Waals surface area contributed by atoms with Crippen molar-refractivity contribution < 1.29 is 15.0 Å². The van der Waals surface area contributed by atoms with Crippen molar-refractivity contribution in [3.63, 3.8) is 0 Å². The number of aryl methyl sites for hydroxylation is 1. The number of phenolic OH excluding ortho intramolecular Hbond substituents is 1. The fraction of sp³-hybridized carbons (Fsp3) is 0.300. The Morgan fingerprint density at radius 1 is 1.50 bits per heavy atom. The highest BCUT2D eigenvalue weighted by Gasteiger charge is 2.25. The summed E-state index contributed by atoms with van der Waals surface area (Å²) in [5.41, 5.74) is 7.45. The van der Waals surface area contributed by atoms with Crippen molar-refractivity contribution in [1.29, 1.82) is 0 Å². The van der Waals surface area contributed by atoms with Crippen LogP contribution in [0.1, 0.15) is 33.9 Å². The minimum atomic E-state index is -1.03. The molecule has 1 aromatic rings. The van der Waals surface area contributed by atoms with Gasteiger partial charge in [0.05, 0.1) is 5.56 Å². The van der Waals surface area contributed by atoms with E-state index >= 15 is 0 Å². The molecule has 0 unspecified atom stereocenters. The molecule has 4 heteroatoms. The van der Waals surface area contributed by atoms with Crippen LogP contribution in [-0.2, 0) is 6.42 Å². The number of benzene rings is 1. The zero-order valence-corrected chi connectivity index (χ0v) is 7.53. The molecule has 0 spiro atoms. The summed E-state index contributed by atoms with van der Waals surface area (Å²) in [6, 6.07) is 2.64. The van der Waals surface area contributed by atoms with E-state index in [4.69, 9.17) is 10.8 Å². The van der Waals surface area contributed by atoms with E-state index in [9.17, 15) is 9.90 Å². The number of phenols is 1. The Labute approximate surface area is 81.0 Å². The fourth-order valence-electron chi connectivity index (χ4n) is 1.97. The van der Waals surface area contributed by atoms with Gasteiger partial charge in [-0.25, -0.2) is 4.79 Å². The molecule has 0 saturated carbocycles. The normalized spacial score (nSPS) is 19.4. The molecule has 4 nitrogen and oxygen atoms in total. The lowest BCUT2D eigenvalue weighted by Crippen LogP contribution is -2.11. The van der Waals surface area contributed by atoms with Crippen LogP contribution in [0, 0.1) is 0 Å². The van der Waals surface area contributed by atoms with Gasteiger partial charge in [-0.3, -0.25) is 0 Å². The second-order valence-electron chi connectivity index (χ2n) is 3.52. The molecule has 0 fully saturated rings. The average Bonchev–Trinajstić information content (AvgIpc) is 2.46. The predicted octanol–water partition coefficient (Wildman–Crippen LogP) is 1.04. The minimum absolute atomic E-state index is 0.00440. The van der Waals surface area contributed by atoms with Gasteiger partial charge in [0.1, 0.15) is 5.75 Å². The lowest BCUT2D eigenvalue weighted by Gasteiger charge is -2.09. The molecule has 4 N–H and O–H groups in total. The highest BCUT2D eigenvalue weighted by molar-refractivity contribution is 5.91. The minimum Gasteiger partial charge on any atom is -0.508 e. The van der Waals surface area contributed by atoms with Crippen LogP contribution in [0.5, 0.6) is 5.75 Å². The summed E-state index contributed by atoms with van der Waals surface area (Å²) in [6.45, 7) is 0. The Morgan fingerprint density at radius 2 is 2.21 bits per heavy atom. The van der Waals surface area contributed by atoms with Gasteiger partial charge in [-0.1, -0.05) is 0 Å². The number of aromatic carboxylic acids is 1. The standard InChI is InChI=1S/C10H11NO3/c11-8-2-1-5-3-6(12)4-7(9(5)8)10(13)14/h3-4,8,12H,1-2,11H2,(H,13,14)/t8-/m1/s1. The van der Waals surface area contributed by atoms with Crippen LogP contribution < -0.4 is 5.73 Å². The predicted molar refractivity (Wildman–Crippen MR) is 50.3 cm³/mol. The molecule has 0 aromatic heterocycles. The van der Waals surface area contributed by atoms with Crippen molar-refractivity contribution >= 4 is 5.97 Å². The van der Waals surface area contributed by atoms with Gasteiger partial charge in [0.2, 0.25) is 0 Å². The van der Waals surface area contributed by atoms with Crippen molar-refractivity contribution in [1.82, 2.24) is 0 Å². The SMILES string of the molecule is N[C@@H]1CCc2cc(O)cc(C(=O)O)c21. The van der Waals surface area contributed by atoms with E-state index in [2.05, 4.69) is 0 Å². The summed E-state index contributed by atoms with van der Waals surface area (Å²) in [7, 11) is 0. The summed E-state index contributed by atoms with van der Waals surface area (Å²) >= 11 is 0. The first-order chi connectivity index (χ1) is 6.59. The van der Waals surface area contributed by atoms with Crippen molar-refractivity contribution in [3.05, 3.63) is 28.8 Å². The molecule has 0 radical (unpaired) electrons. The molecule has 2 rings (SSSR count). The third-order valence-electron chi connectivity index (χ3n) is 2.58. The third kappa shape index (κ3) is 1.24. The molecule has 0 heterocycles. The number of carbonyl (C=O) groups is 1. The summed E-state index contributed by atoms with van der Waals surface area (Å²) in [5.74, 6) is -1.04. The van der Waals surface area contributed by atoms with Crippen molar-refractivity contribution in [3.8, 4) is 5.75 Å². The number of rotatable bonds is 1. The van der Waals surface area contributed by atoms with E-state index in [0.717, 1.165) is 18.4 Å². The van der Waals surface area contributed by atoms with E-state index in [1.807, 2.05) is 0 Å². The summed E-state index contributed by atoms with van der Waals surface area (Å²) in [5, 5.41) is 18.2. The van der Waals surface area contributed by atoms with Crippen LogP contribution in [0.25, 0.3) is 0 Å². The highest BCUT2D eigenvalue weighted by Crippen LogP contribution is 2.34. The molecule has 0 bridgehead atoms. The van der Waals surface area contributed by atoms with Crippen LogP contribution >= 0.6 is 0 Å². The van der Waals surface area contributed by atoms with E-state index in [-0.39, 0.29) is 17.4 Å². The Bertz CT molecular complexity index is 401. The lowest BCUT2D eigenvalue weighted by molar-refractivity contribution is 0.0694. The van der Waals surface area contributed by atoms with Crippen LogP contribution in [0.2, 0.25) is 0 Å². The van der Waals surface area contributed by atoms with Crippen LogP contribution in [0.4, 0.5) is 0 Å². The number of carboxylic acids is 1. The maximum absolute atomic E-state index is 10.9. The molecule has 0 aliphatic heterocycles. The number of fused-ring (bicyclic) bond motifs is 1. The Morgan fingerprint density at radius 3 is 2.86 bits per heavy atom. The maximum atomic E-state index is 10.9. The third-order valence-corrected chi connectivity index (χ3v) is 2.58. The van der Waals surface area contributed by atoms with Crippen LogP contribution in [0.15, 0.2) is 12.1 Å². The van der Waals surface area contributed by atoms with Crippen molar-refractivity contribution in [2.45, 2.75) is 18.9 Å². The molecule has 1 atom stereocenters. The van der Waals surface area contributed by atoms with E-state index in [0.29, 0.717) is 5.56 Å². The van der Waals surface area contributed by atoms with Gasteiger partial charge >= 0.3 is 5.97 Å². The molecule has 0 saturated heterocycles. The summed E-state index contributed by atoms with van der Waals surface area (Å²) in [6.07, 6.45) is 1.49. The van der Waals surface area contributed by atoms with Crippen LogP contribution in [-0.4, -0.2) is 16.2 Å². The summed E-state index contributed by atoms with van der Waals surface area (Å²) < 4.78 is 0. The van der Waals surface area contributed by atoms with Gasteiger partial charge in [-0.2, -0.15) is 0 Å². The first kappa shape index (κ1) is 9.02. The quantitative estimate of drug-likeness (QED) is 0.622. The zero-order valence-electron chi connectivity index (χ0n) is 7.53. The van der Waals surface area contributed by atoms with Crippen LogP contribution in [0.3, 0.4) is 0 Å². The molecular weight excluding hydrogens is 182 g/mol.